The fraction of sp³-hybridized carbons (Fsp3) is 0.105. The number of nitrogen functional groups attached to an aromatic ring is 1. The zero-order valence-corrected chi connectivity index (χ0v) is 18.1. The maximum Gasteiger partial charge on any atom is 0.357 e. The summed E-state index contributed by atoms with van der Waals surface area (Å²) in [5.74, 6) is -1.45. The number of esters is 2. The Morgan fingerprint density at radius 1 is 1.04 bits per heavy atom. The van der Waals surface area contributed by atoms with E-state index in [1.165, 1.54) is 18.9 Å². The number of carbonyl (C=O) groups is 2. The lowest BCUT2D eigenvalue weighted by atomic mass is 10.0. The van der Waals surface area contributed by atoms with Crippen molar-refractivity contribution in [3.05, 3.63) is 62.7 Å². The molecule has 0 unspecified atom stereocenters. The highest BCUT2D eigenvalue weighted by Gasteiger charge is 2.32. The molecule has 3 aromatic rings. The van der Waals surface area contributed by atoms with Crippen molar-refractivity contribution in [1.29, 1.82) is 0 Å². The van der Waals surface area contributed by atoms with Crippen LogP contribution in [0.5, 0.6) is 0 Å². The molecule has 0 fully saturated rings. The van der Waals surface area contributed by atoms with Crippen molar-refractivity contribution in [2.75, 3.05) is 20.0 Å². The maximum atomic E-state index is 12.6. The highest BCUT2D eigenvalue weighted by atomic mass is 79.9. The number of nitrogens with zero attached hydrogens (tertiary/aromatic N) is 2. The van der Waals surface area contributed by atoms with Gasteiger partial charge >= 0.3 is 11.9 Å². The van der Waals surface area contributed by atoms with Gasteiger partial charge in [0, 0.05) is 14.5 Å². The van der Waals surface area contributed by atoms with Crippen molar-refractivity contribution in [3.63, 3.8) is 0 Å². The van der Waals surface area contributed by atoms with Crippen molar-refractivity contribution in [2.45, 2.75) is 0 Å². The van der Waals surface area contributed by atoms with E-state index in [2.05, 4.69) is 37.0 Å². The molecule has 0 amide bonds. The van der Waals surface area contributed by atoms with Crippen LogP contribution in [0.1, 0.15) is 20.8 Å². The molecule has 3 rings (SSSR count). The van der Waals surface area contributed by atoms with Gasteiger partial charge in [0.25, 0.3) is 0 Å². The number of carbonyl (C=O) groups excluding carboxylic acids is 2. The first-order valence-electron chi connectivity index (χ1n) is 7.99. The minimum absolute atomic E-state index is 0.0325. The molecule has 144 valence electrons. The van der Waals surface area contributed by atoms with Gasteiger partial charge in [-0.25, -0.2) is 14.3 Å². The molecule has 0 spiro atoms. The molecule has 0 radical (unpaired) electrons. The zero-order valence-electron chi connectivity index (χ0n) is 14.9. The van der Waals surface area contributed by atoms with E-state index in [1.807, 2.05) is 6.07 Å². The van der Waals surface area contributed by atoms with Crippen molar-refractivity contribution < 1.29 is 19.1 Å². The molecule has 0 aliphatic heterocycles. The predicted molar refractivity (Wildman–Crippen MR) is 111 cm³/mol. The Labute approximate surface area is 177 Å². The lowest BCUT2D eigenvalue weighted by Gasteiger charge is -2.08. The molecule has 7 nitrogen and oxygen atoms in total. The normalized spacial score (nSPS) is 10.6. The number of hydrogen-bond acceptors (Lipinski definition) is 6. The molecule has 9 heteroatoms. The largest absolute Gasteiger partial charge is 0.465 e. The first-order chi connectivity index (χ1) is 13.4. The number of hydrogen-bond donors (Lipinski definition) is 1. The van der Waals surface area contributed by atoms with Crippen LogP contribution in [0.15, 0.2) is 51.4 Å². The van der Waals surface area contributed by atoms with E-state index in [4.69, 9.17) is 15.2 Å². The van der Waals surface area contributed by atoms with E-state index >= 15 is 0 Å². The number of halogens is 2. The summed E-state index contributed by atoms with van der Waals surface area (Å²) in [6.07, 6.45) is 0. The second-order valence-corrected chi connectivity index (χ2v) is 7.42. The Balaban J connectivity index is 2.43. The third-order valence-corrected chi connectivity index (χ3v) is 5.12. The second kappa shape index (κ2) is 8.15. The number of rotatable bonds is 4. The van der Waals surface area contributed by atoms with Crippen LogP contribution in [0.4, 0.5) is 5.69 Å². The van der Waals surface area contributed by atoms with Crippen molar-refractivity contribution >= 4 is 49.5 Å². The molecule has 0 atom stereocenters. The summed E-state index contributed by atoms with van der Waals surface area (Å²) < 4.78 is 12.5. The highest BCUT2D eigenvalue weighted by molar-refractivity contribution is 9.11. The Morgan fingerprint density at radius 2 is 1.68 bits per heavy atom. The average molecular weight is 509 g/mol. The van der Waals surface area contributed by atoms with Gasteiger partial charge < -0.3 is 15.2 Å². The van der Waals surface area contributed by atoms with Crippen molar-refractivity contribution in [3.8, 4) is 16.9 Å². The molecule has 2 aromatic carbocycles. The molecule has 0 saturated heterocycles. The van der Waals surface area contributed by atoms with E-state index in [9.17, 15) is 9.59 Å². The van der Waals surface area contributed by atoms with Crippen LogP contribution in [0, 0.1) is 0 Å². The summed E-state index contributed by atoms with van der Waals surface area (Å²) in [5.41, 5.74) is 7.74. The Morgan fingerprint density at radius 3 is 2.29 bits per heavy atom. The maximum absolute atomic E-state index is 12.6. The van der Waals surface area contributed by atoms with Gasteiger partial charge in [0.15, 0.2) is 5.69 Å². The first-order valence-corrected chi connectivity index (χ1v) is 9.57. The zero-order chi connectivity index (χ0) is 20.4. The van der Waals surface area contributed by atoms with Crippen molar-refractivity contribution in [1.82, 2.24) is 9.78 Å². The Kier molecular flexibility index (Phi) is 5.85. The molecule has 28 heavy (non-hydrogen) atoms. The van der Waals surface area contributed by atoms with Crippen LogP contribution >= 0.6 is 31.9 Å². The van der Waals surface area contributed by atoms with E-state index in [0.29, 0.717) is 25.9 Å². The third-order valence-electron chi connectivity index (χ3n) is 4.00. The van der Waals surface area contributed by atoms with Crippen LogP contribution in [0.25, 0.3) is 16.9 Å². The van der Waals surface area contributed by atoms with Crippen LogP contribution in [0.2, 0.25) is 0 Å². The minimum atomic E-state index is -0.729. The smallest absolute Gasteiger partial charge is 0.357 e. The number of benzene rings is 2. The lowest BCUT2D eigenvalue weighted by Crippen LogP contribution is -2.15. The fourth-order valence-electron chi connectivity index (χ4n) is 2.72. The standard InChI is InChI=1S/C19H15Br2N3O4/c1-27-18(25)14-16(12-8-10(20)9-13(21)15(12)22)23-24(17(14)19(26)28-2)11-6-4-3-5-7-11/h3-9H,22H2,1-2H3. The van der Waals surface area contributed by atoms with Gasteiger partial charge in [-0.2, -0.15) is 5.10 Å². The second-order valence-electron chi connectivity index (χ2n) is 5.65. The summed E-state index contributed by atoms with van der Waals surface area (Å²) in [7, 11) is 2.46. The number of aromatic nitrogens is 2. The number of para-hydroxylation sites is 1. The van der Waals surface area contributed by atoms with Gasteiger partial charge in [-0.3, -0.25) is 0 Å². The molecule has 1 heterocycles. The van der Waals surface area contributed by atoms with Gasteiger partial charge in [-0.1, -0.05) is 34.1 Å². The van der Waals surface area contributed by atoms with Crippen LogP contribution < -0.4 is 5.73 Å². The van der Waals surface area contributed by atoms with Gasteiger partial charge in [0.2, 0.25) is 0 Å². The van der Waals surface area contributed by atoms with Crippen LogP contribution in [-0.4, -0.2) is 35.9 Å². The van der Waals surface area contributed by atoms with Gasteiger partial charge in [-0.05, 0) is 40.2 Å². The summed E-state index contributed by atoms with van der Waals surface area (Å²) in [6, 6.07) is 12.4. The Bertz CT molecular complexity index is 1060. The fourth-order valence-corrected chi connectivity index (χ4v) is 3.95. The number of anilines is 1. The monoisotopic (exact) mass is 507 g/mol. The van der Waals surface area contributed by atoms with E-state index in [0.717, 1.165) is 0 Å². The summed E-state index contributed by atoms with van der Waals surface area (Å²) in [4.78, 5) is 25.2. The van der Waals surface area contributed by atoms with E-state index in [-0.39, 0.29) is 17.0 Å². The Hall–Kier alpha value is -2.65. The van der Waals surface area contributed by atoms with Crippen LogP contribution in [-0.2, 0) is 9.47 Å². The van der Waals surface area contributed by atoms with E-state index < -0.39 is 11.9 Å². The SMILES string of the molecule is COC(=O)c1c(-c2cc(Br)cc(Br)c2N)nn(-c2ccccc2)c1C(=O)OC. The molecule has 0 aliphatic rings. The molecule has 2 N–H and O–H groups in total. The molecule has 0 aliphatic carbocycles. The average Bonchev–Trinajstić information content (AvgIpc) is 3.10. The molecule has 0 saturated carbocycles. The lowest BCUT2D eigenvalue weighted by molar-refractivity contribution is 0.0549. The third kappa shape index (κ3) is 3.55. The van der Waals surface area contributed by atoms with Gasteiger partial charge in [0.1, 0.15) is 11.3 Å². The summed E-state index contributed by atoms with van der Waals surface area (Å²) >= 11 is 6.80. The number of nitrogens with two attached hydrogens (primary N) is 1. The summed E-state index contributed by atoms with van der Waals surface area (Å²) in [6.45, 7) is 0. The summed E-state index contributed by atoms with van der Waals surface area (Å²) in [5, 5.41) is 4.53. The minimum Gasteiger partial charge on any atom is -0.465 e. The van der Waals surface area contributed by atoms with Gasteiger partial charge in [0.05, 0.1) is 25.6 Å². The van der Waals surface area contributed by atoms with E-state index in [1.54, 1.807) is 36.4 Å². The molecule has 0 bridgehead atoms. The number of methoxy groups -OCH3 is 2. The van der Waals surface area contributed by atoms with Crippen LogP contribution in [0.3, 0.4) is 0 Å². The molecular weight excluding hydrogens is 494 g/mol. The first kappa shape index (κ1) is 20.1. The predicted octanol–water partition coefficient (Wildman–Crippen LogP) is 4.22. The quantitative estimate of drug-likeness (QED) is 0.418. The topological polar surface area (TPSA) is 96.4 Å². The molecular formula is C19H15Br2N3O4. The number of ether oxygens (including phenoxy) is 2. The highest BCUT2D eigenvalue weighted by Crippen LogP contribution is 2.38. The van der Waals surface area contributed by atoms with Crippen molar-refractivity contribution in [2.24, 2.45) is 0 Å². The molecule has 1 aromatic heterocycles. The van der Waals surface area contributed by atoms with Gasteiger partial charge in [-0.15, -0.1) is 0 Å².